The molecule has 0 radical (unpaired) electrons. The van der Waals surface area contributed by atoms with Crippen LogP contribution in [0.5, 0.6) is 0 Å². The summed E-state index contributed by atoms with van der Waals surface area (Å²) in [6, 6.07) is 10.1. The van der Waals surface area contributed by atoms with Crippen LogP contribution in [0.15, 0.2) is 30.3 Å². The number of ether oxygens (including phenoxy) is 1. The van der Waals surface area contributed by atoms with Crippen LogP contribution in [0.25, 0.3) is 0 Å². The van der Waals surface area contributed by atoms with Gasteiger partial charge in [-0.2, -0.15) is 0 Å². The Morgan fingerprint density at radius 2 is 2.00 bits per heavy atom. The number of para-hydroxylation sites is 1. The number of likely N-dealkylation sites (N-methyl/N-ethyl adjacent to an activating group) is 1. The third-order valence-corrected chi connectivity index (χ3v) is 2.35. The zero-order valence-electron chi connectivity index (χ0n) is 10.1. The van der Waals surface area contributed by atoms with Gasteiger partial charge in [0, 0.05) is 19.2 Å². The molecule has 16 heavy (non-hydrogen) atoms. The van der Waals surface area contributed by atoms with Crippen LogP contribution in [-0.2, 0) is 9.53 Å². The van der Waals surface area contributed by atoms with Crippen LogP contribution in [0.4, 0.5) is 5.69 Å². The fraction of sp³-hybridized carbons (Fsp3) is 0.462. The highest BCUT2D eigenvalue weighted by molar-refractivity contribution is 5.66. The predicted molar refractivity (Wildman–Crippen MR) is 65.6 cm³/mol. The first-order valence-electron chi connectivity index (χ1n) is 5.60. The second-order valence-electron chi connectivity index (χ2n) is 3.79. The van der Waals surface area contributed by atoms with E-state index in [1.54, 1.807) is 0 Å². The smallest absolute Gasteiger partial charge is 0.302 e. The molecule has 1 atom stereocenters. The molecule has 0 saturated heterocycles. The summed E-state index contributed by atoms with van der Waals surface area (Å²) < 4.78 is 5.12. The molecule has 1 aromatic rings. The van der Waals surface area contributed by atoms with Crippen molar-refractivity contribution in [2.24, 2.45) is 0 Å². The molecule has 0 saturated carbocycles. The molecule has 1 aromatic carbocycles. The number of carbonyl (C=O) groups excluding carboxylic acids is 1. The van der Waals surface area contributed by atoms with Crippen molar-refractivity contribution in [3.63, 3.8) is 0 Å². The third-order valence-electron chi connectivity index (χ3n) is 2.35. The summed E-state index contributed by atoms with van der Waals surface area (Å²) in [7, 11) is 0. The van der Waals surface area contributed by atoms with Crippen molar-refractivity contribution < 1.29 is 9.53 Å². The highest BCUT2D eigenvalue weighted by Crippen LogP contribution is 2.13. The normalized spacial score (nSPS) is 11.9. The average molecular weight is 221 g/mol. The van der Waals surface area contributed by atoms with Crippen molar-refractivity contribution in [2.45, 2.75) is 26.9 Å². The third kappa shape index (κ3) is 3.93. The molecule has 0 bridgehead atoms. The van der Waals surface area contributed by atoms with E-state index in [0.717, 1.165) is 18.8 Å². The number of benzene rings is 1. The molecule has 88 valence electrons. The molecule has 0 fully saturated rings. The Kier molecular flexibility index (Phi) is 4.83. The molecular formula is C13H19NO2. The number of carbonyl (C=O) groups is 1. The van der Waals surface area contributed by atoms with Gasteiger partial charge in [-0.1, -0.05) is 18.2 Å². The highest BCUT2D eigenvalue weighted by Gasteiger charge is 2.11. The minimum Gasteiger partial charge on any atom is -0.461 e. The van der Waals surface area contributed by atoms with Crippen LogP contribution in [0.3, 0.4) is 0 Å². The van der Waals surface area contributed by atoms with Crippen molar-refractivity contribution in [3.05, 3.63) is 30.3 Å². The van der Waals surface area contributed by atoms with Gasteiger partial charge >= 0.3 is 5.97 Å². The van der Waals surface area contributed by atoms with Gasteiger partial charge in [0.15, 0.2) is 0 Å². The number of hydrogen-bond donors (Lipinski definition) is 0. The van der Waals surface area contributed by atoms with Crippen molar-refractivity contribution >= 4 is 11.7 Å². The van der Waals surface area contributed by atoms with Gasteiger partial charge in [-0.25, -0.2) is 0 Å². The van der Waals surface area contributed by atoms with Gasteiger partial charge in [-0.15, -0.1) is 0 Å². The monoisotopic (exact) mass is 221 g/mol. The van der Waals surface area contributed by atoms with Gasteiger partial charge in [0.25, 0.3) is 0 Å². The van der Waals surface area contributed by atoms with Crippen LogP contribution < -0.4 is 4.90 Å². The molecule has 0 aromatic heterocycles. The Balaban J connectivity index is 2.59. The first-order valence-corrected chi connectivity index (χ1v) is 5.60. The Labute approximate surface area is 97.0 Å². The van der Waals surface area contributed by atoms with Gasteiger partial charge in [0.1, 0.15) is 6.10 Å². The quantitative estimate of drug-likeness (QED) is 0.715. The van der Waals surface area contributed by atoms with E-state index in [-0.39, 0.29) is 12.1 Å². The van der Waals surface area contributed by atoms with E-state index in [1.165, 1.54) is 6.92 Å². The number of rotatable bonds is 5. The van der Waals surface area contributed by atoms with Crippen molar-refractivity contribution in [1.82, 2.24) is 0 Å². The van der Waals surface area contributed by atoms with Crippen LogP contribution in [0, 0.1) is 0 Å². The van der Waals surface area contributed by atoms with Gasteiger partial charge in [-0.05, 0) is 26.0 Å². The van der Waals surface area contributed by atoms with E-state index in [0.29, 0.717) is 0 Å². The predicted octanol–water partition coefficient (Wildman–Crippen LogP) is 2.46. The van der Waals surface area contributed by atoms with E-state index >= 15 is 0 Å². The zero-order valence-corrected chi connectivity index (χ0v) is 10.1. The first-order chi connectivity index (χ1) is 7.63. The van der Waals surface area contributed by atoms with Crippen LogP contribution >= 0.6 is 0 Å². The second kappa shape index (κ2) is 6.16. The molecule has 3 nitrogen and oxygen atoms in total. The van der Waals surface area contributed by atoms with Crippen LogP contribution in [0.2, 0.25) is 0 Å². The standard InChI is InChI=1S/C13H19NO2/c1-4-14(10-11(2)16-12(3)15)13-8-6-5-7-9-13/h5-9,11H,4,10H2,1-3H3. The summed E-state index contributed by atoms with van der Waals surface area (Å²) in [4.78, 5) is 13.0. The summed E-state index contributed by atoms with van der Waals surface area (Å²) in [5, 5.41) is 0. The van der Waals surface area contributed by atoms with Gasteiger partial charge < -0.3 is 9.64 Å². The van der Waals surface area contributed by atoms with Crippen molar-refractivity contribution in [2.75, 3.05) is 18.0 Å². The second-order valence-corrected chi connectivity index (χ2v) is 3.79. The molecule has 0 aliphatic rings. The molecule has 1 rings (SSSR count). The largest absolute Gasteiger partial charge is 0.461 e. The summed E-state index contributed by atoms with van der Waals surface area (Å²) in [6.07, 6.45) is -0.0855. The number of esters is 1. The fourth-order valence-electron chi connectivity index (χ4n) is 1.69. The maximum Gasteiger partial charge on any atom is 0.302 e. The molecule has 0 aliphatic carbocycles. The summed E-state index contributed by atoms with van der Waals surface area (Å²) in [5.74, 6) is -0.225. The maximum atomic E-state index is 10.8. The SMILES string of the molecule is CCN(CC(C)OC(C)=O)c1ccccc1. The molecule has 3 heteroatoms. The van der Waals surface area contributed by atoms with Crippen LogP contribution in [0.1, 0.15) is 20.8 Å². The van der Waals surface area contributed by atoms with Gasteiger partial charge in [0.2, 0.25) is 0 Å². The minimum atomic E-state index is -0.225. The molecule has 0 aliphatic heterocycles. The molecular weight excluding hydrogens is 202 g/mol. The minimum absolute atomic E-state index is 0.0855. The highest BCUT2D eigenvalue weighted by atomic mass is 16.5. The maximum absolute atomic E-state index is 10.8. The summed E-state index contributed by atoms with van der Waals surface area (Å²) in [6.45, 7) is 7.06. The van der Waals surface area contributed by atoms with Crippen LogP contribution in [-0.4, -0.2) is 25.2 Å². The van der Waals surface area contributed by atoms with Gasteiger partial charge in [0.05, 0.1) is 6.54 Å². The van der Waals surface area contributed by atoms with Crippen molar-refractivity contribution in [1.29, 1.82) is 0 Å². The fourth-order valence-corrected chi connectivity index (χ4v) is 1.69. The summed E-state index contributed by atoms with van der Waals surface area (Å²) >= 11 is 0. The molecule has 0 amide bonds. The lowest BCUT2D eigenvalue weighted by Crippen LogP contribution is -2.33. The average Bonchev–Trinajstić information content (AvgIpc) is 2.26. The Bertz CT molecular complexity index is 324. The van der Waals surface area contributed by atoms with E-state index < -0.39 is 0 Å². The molecule has 0 heterocycles. The number of hydrogen-bond acceptors (Lipinski definition) is 3. The molecule has 0 spiro atoms. The molecule has 0 N–H and O–H groups in total. The Hall–Kier alpha value is -1.51. The zero-order chi connectivity index (χ0) is 12.0. The Morgan fingerprint density at radius 3 is 2.50 bits per heavy atom. The van der Waals surface area contributed by atoms with E-state index in [2.05, 4.69) is 24.0 Å². The van der Waals surface area contributed by atoms with Gasteiger partial charge in [-0.3, -0.25) is 4.79 Å². The summed E-state index contributed by atoms with van der Waals surface area (Å²) in [5.41, 5.74) is 1.16. The Morgan fingerprint density at radius 1 is 1.38 bits per heavy atom. The lowest BCUT2D eigenvalue weighted by molar-refractivity contribution is -0.144. The lowest BCUT2D eigenvalue weighted by atomic mass is 10.2. The topological polar surface area (TPSA) is 29.5 Å². The van der Waals surface area contributed by atoms with E-state index in [1.807, 2.05) is 25.1 Å². The van der Waals surface area contributed by atoms with Crippen molar-refractivity contribution in [3.8, 4) is 0 Å². The van der Waals surface area contributed by atoms with E-state index in [4.69, 9.17) is 4.74 Å². The van der Waals surface area contributed by atoms with E-state index in [9.17, 15) is 4.79 Å². The lowest BCUT2D eigenvalue weighted by Gasteiger charge is -2.26. The first kappa shape index (κ1) is 12.6. The number of anilines is 1. The molecule has 1 unspecified atom stereocenters. The number of nitrogens with zero attached hydrogens (tertiary/aromatic N) is 1.